The topological polar surface area (TPSA) is 66.1 Å². The molecule has 1 aromatic rings. The number of nitrogens with zero attached hydrogens (tertiary/aromatic N) is 1. The molecule has 0 radical (unpaired) electrons. The minimum absolute atomic E-state index is 0.188. The Morgan fingerprint density at radius 3 is 2.54 bits per heavy atom. The van der Waals surface area contributed by atoms with Gasteiger partial charge in [-0.15, -0.1) is 0 Å². The Morgan fingerprint density at radius 1 is 1.15 bits per heavy atom. The molecule has 0 atom stereocenters. The van der Waals surface area contributed by atoms with E-state index in [4.69, 9.17) is 23.2 Å². The number of allylic oxidation sites excluding steroid dienone is 4. The Hall–Kier alpha value is -1.98. The number of anilines is 1. The van der Waals surface area contributed by atoms with Crippen LogP contribution in [0.5, 0.6) is 0 Å². The van der Waals surface area contributed by atoms with Crippen LogP contribution in [0.2, 0.25) is 0 Å². The molecule has 1 aromatic heterocycles. The van der Waals surface area contributed by atoms with E-state index >= 15 is 0 Å². The molecule has 0 aromatic carbocycles. The van der Waals surface area contributed by atoms with Crippen molar-refractivity contribution in [2.24, 2.45) is 0 Å². The molecule has 1 heterocycles. The van der Waals surface area contributed by atoms with Crippen LogP contribution in [-0.4, -0.2) is 30.6 Å². The lowest BCUT2D eigenvalue weighted by Gasteiger charge is -2.07. The lowest BCUT2D eigenvalue weighted by molar-refractivity contribution is 0.241. The third-order valence-corrected chi connectivity index (χ3v) is 3.66. The van der Waals surface area contributed by atoms with Crippen molar-refractivity contribution >= 4 is 35.1 Å². The number of nitrogens with one attached hydrogen (secondary N) is 3. The Morgan fingerprint density at radius 2 is 1.88 bits per heavy atom. The van der Waals surface area contributed by atoms with E-state index in [0.717, 1.165) is 18.8 Å². The number of rotatable bonds is 10. The van der Waals surface area contributed by atoms with E-state index in [1.807, 2.05) is 38.1 Å². The predicted octanol–water partition coefficient (Wildman–Crippen LogP) is 5.03. The molecule has 0 fully saturated rings. The van der Waals surface area contributed by atoms with Crippen molar-refractivity contribution in [3.8, 4) is 0 Å². The molecule has 0 bridgehead atoms. The smallest absolute Gasteiger partial charge is 0.314 e. The molecule has 144 valence electrons. The maximum absolute atomic E-state index is 11.6. The van der Waals surface area contributed by atoms with E-state index in [-0.39, 0.29) is 6.03 Å². The van der Waals surface area contributed by atoms with Gasteiger partial charge in [0.25, 0.3) is 0 Å². The number of pyridine rings is 1. The molecular weight excluding hydrogens is 371 g/mol. The molecule has 3 N–H and O–H groups in total. The fraction of sp³-hybridized carbons (Fsp3) is 0.368. The predicted molar refractivity (Wildman–Crippen MR) is 113 cm³/mol. The molecule has 0 saturated heterocycles. The van der Waals surface area contributed by atoms with Crippen molar-refractivity contribution in [1.82, 2.24) is 15.6 Å². The van der Waals surface area contributed by atoms with Crippen LogP contribution in [0.4, 0.5) is 10.6 Å². The minimum Gasteiger partial charge on any atom is -0.370 e. The van der Waals surface area contributed by atoms with Crippen LogP contribution in [0.25, 0.3) is 0 Å². The maximum atomic E-state index is 11.6. The van der Waals surface area contributed by atoms with Crippen LogP contribution in [0.15, 0.2) is 59.3 Å². The molecule has 5 nitrogen and oxygen atoms in total. The lowest BCUT2D eigenvalue weighted by Crippen LogP contribution is -2.36. The van der Waals surface area contributed by atoms with Crippen LogP contribution in [0.3, 0.4) is 0 Å². The molecule has 0 aliphatic carbocycles. The van der Waals surface area contributed by atoms with Crippen LogP contribution >= 0.6 is 23.2 Å². The van der Waals surface area contributed by atoms with Crippen molar-refractivity contribution in [3.05, 3.63) is 59.3 Å². The first kappa shape index (κ1) is 24.0. The number of hydrogen-bond donors (Lipinski definition) is 3. The summed E-state index contributed by atoms with van der Waals surface area (Å²) < 4.78 is 0. The summed E-state index contributed by atoms with van der Waals surface area (Å²) in [4.78, 5) is 15.7. The molecule has 2 amide bonds. The summed E-state index contributed by atoms with van der Waals surface area (Å²) in [6, 6.07) is 5.50. The van der Waals surface area contributed by atoms with Crippen molar-refractivity contribution in [2.45, 2.75) is 26.7 Å². The number of aromatic nitrogens is 1. The average molecular weight is 399 g/mol. The maximum Gasteiger partial charge on any atom is 0.314 e. The Bertz CT molecular complexity index is 574. The molecule has 0 spiro atoms. The van der Waals surface area contributed by atoms with E-state index < -0.39 is 0 Å². The third-order valence-electron chi connectivity index (χ3n) is 2.88. The minimum atomic E-state index is -0.188. The first-order chi connectivity index (χ1) is 12.6. The highest BCUT2D eigenvalue weighted by Crippen LogP contribution is 2.15. The monoisotopic (exact) mass is 398 g/mol. The van der Waals surface area contributed by atoms with Gasteiger partial charge in [-0.1, -0.05) is 55.8 Å². The average Bonchev–Trinajstić information content (AvgIpc) is 2.69. The number of halogens is 2. The molecule has 7 heteroatoms. The Kier molecular flexibility index (Phi) is 15.2. The molecule has 0 aliphatic heterocycles. The number of hydrogen-bond acceptors (Lipinski definition) is 3. The summed E-state index contributed by atoms with van der Waals surface area (Å²) in [7, 11) is 0. The zero-order valence-electron chi connectivity index (χ0n) is 15.4. The second-order valence-electron chi connectivity index (χ2n) is 4.77. The van der Waals surface area contributed by atoms with E-state index in [1.165, 1.54) is 6.08 Å². The normalized spacial score (nSPS) is 11.1. The highest BCUT2D eigenvalue weighted by atomic mass is 35.5. The van der Waals surface area contributed by atoms with Gasteiger partial charge in [-0.05, 0) is 37.1 Å². The quantitative estimate of drug-likeness (QED) is 0.382. The van der Waals surface area contributed by atoms with Gasteiger partial charge in [-0.3, -0.25) is 0 Å². The second-order valence-corrected chi connectivity index (χ2v) is 5.58. The fourth-order valence-corrected chi connectivity index (χ4v) is 1.90. The fourth-order valence-electron chi connectivity index (χ4n) is 1.67. The molecule has 0 unspecified atom stereocenters. The van der Waals surface area contributed by atoms with E-state index in [2.05, 4.69) is 27.5 Å². The van der Waals surface area contributed by atoms with Gasteiger partial charge in [0, 0.05) is 25.8 Å². The number of urea groups is 1. The highest BCUT2D eigenvalue weighted by molar-refractivity contribution is 6.41. The Balaban J connectivity index is 0.00000301. The third kappa shape index (κ3) is 12.4. The van der Waals surface area contributed by atoms with Crippen LogP contribution in [-0.2, 0) is 0 Å². The van der Waals surface area contributed by atoms with E-state index in [1.54, 1.807) is 12.3 Å². The highest BCUT2D eigenvalue weighted by Gasteiger charge is 1.98. The van der Waals surface area contributed by atoms with Gasteiger partial charge < -0.3 is 16.0 Å². The van der Waals surface area contributed by atoms with Gasteiger partial charge in [-0.25, -0.2) is 9.78 Å². The summed E-state index contributed by atoms with van der Waals surface area (Å²) in [5, 5.41) is 9.56. The van der Waals surface area contributed by atoms with Gasteiger partial charge in [-0.2, -0.15) is 0 Å². The van der Waals surface area contributed by atoms with Gasteiger partial charge in [0.2, 0.25) is 0 Å². The SMILES string of the molecule is C=C/C(Cl)=C(Cl)\C=C\CCNC(=O)NCCCNc1ccccn1.CC. The zero-order chi connectivity index (χ0) is 19.6. The largest absolute Gasteiger partial charge is 0.370 e. The Labute approximate surface area is 166 Å². The molecule has 0 saturated carbocycles. The van der Waals surface area contributed by atoms with Gasteiger partial charge in [0.15, 0.2) is 0 Å². The van der Waals surface area contributed by atoms with Gasteiger partial charge in [0.05, 0.1) is 10.1 Å². The molecule has 26 heavy (non-hydrogen) atoms. The summed E-state index contributed by atoms with van der Waals surface area (Å²) in [5.41, 5.74) is 0. The van der Waals surface area contributed by atoms with E-state index in [0.29, 0.717) is 29.6 Å². The standard InChI is InChI=1S/C17H22Cl2N4O.C2H6/c1-2-14(18)15(19)8-3-5-11-22-17(24)23-13-7-12-21-16-9-4-6-10-20-16;1-2/h2-4,6,8-10H,1,5,7,11-13H2,(H,20,21)(H2,22,23,24);1-2H3/b8-3+,15-14-;. The number of carbonyl (C=O) groups is 1. The van der Waals surface area contributed by atoms with Crippen LogP contribution < -0.4 is 16.0 Å². The molecule has 0 aliphatic rings. The first-order valence-electron chi connectivity index (χ1n) is 8.64. The number of amides is 2. The van der Waals surface area contributed by atoms with Crippen molar-refractivity contribution < 1.29 is 4.79 Å². The van der Waals surface area contributed by atoms with Crippen LogP contribution in [0.1, 0.15) is 26.7 Å². The summed E-state index contributed by atoms with van der Waals surface area (Å²) in [5.74, 6) is 0.831. The summed E-state index contributed by atoms with van der Waals surface area (Å²) >= 11 is 11.7. The second kappa shape index (κ2) is 16.5. The molecule has 1 rings (SSSR count). The van der Waals surface area contributed by atoms with Crippen molar-refractivity contribution in [2.75, 3.05) is 25.0 Å². The summed E-state index contributed by atoms with van der Waals surface area (Å²) in [6.45, 7) is 9.38. The zero-order valence-corrected chi connectivity index (χ0v) is 16.9. The van der Waals surface area contributed by atoms with Crippen molar-refractivity contribution in [1.29, 1.82) is 0 Å². The lowest BCUT2D eigenvalue weighted by atomic mass is 10.3. The van der Waals surface area contributed by atoms with Gasteiger partial charge in [0.1, 0.15) is 5.82 Å². The number of carbonyl (C=O) groups excluding carboxylic acids is 1. The van der Waals surface area contributed by atoms with Gasteiger partial charge >= 0.3 is 6.03 Å². The van der Waals surface area contributed by atoms with E-state index in [9.17, 15) is 4.79 Å². The van der Waals surface area contributed by atoms with Crippen molar-refractivity contribution in [3.63, 3.8) is 0 Å². The first-order valence-corrected chi connectivity index (χ1v) is 9.40. The summed E-state index contributed by atoms with van der Waals surface area (Å²) in [6.07, 6.45) is 8.20. The molecular formula is C19H28Cl2N4O. The van der Waals surface area contributed by atoms with Crippen LogP contribution in [0, 0.1) is 0 Å².